The van der Waals surface area contributed by atoms with Crippen LogP contribution in [0, 0.1) is 11.7 Å². The third-order valence-corrected chi connectivity index (χ3v) is 3.26. The standard InChI is InChI=1S/C16H20FNO2/c1-11(2)10-18(13-7-8-13)16-12(6-9-15(19)20)4-3-5-14(16)17/h3-6,9,11,13H,7-8,10H2,1-2H3,(H,19,20)/b9-6+. The molecular weight excluding hydrogens is 257 g/mol. The number of carboxylic acids is 1. The minimum atomic E-state index is -1.03. The third-order valence-electron chi connectivity index (χ3n) is 3.26. The van der Waals surface area contributed by atoms with Crippen LogP contribution >= 0.6 is 0 Å². The Hall–Kier alpha value is -1.84. The SMILES string of the molecule is CC(C)CN(c1c(F)cccc1/C=C/C(=O)O)C1CC1. The van der Waals surface area contributed by atoms with Gasteiger partial charge in [-0.1, -0.05) is 26.0 Å². The first-order chi connectivity index (χ1) is 9.49. The first-order valence-corrected chi connectivity index (χ1v) is 6.95. The number of carboxylic acid groups (broad SMARTS) is 1. The van der Waals surface area contributed by atoms with Crippen LogP contribution in [0.25, 0.3) is 6.08 Å². The molecule has 20 heavy (non-hydrogen) atoms. The molecule has 0 radical (unpaired) electrons. The topological polar surface area (TPSA) is 40.5 Å². The Balaban J connectivity index is 2.38. The number of para-hydroxylation sites is 1. The maximum Gasteiger partial charge on any atom is 0.328 e. The lowest BCUT2D eigenvalue weighted by Gasteiger charge is -2.28. The molecule has 0 saturated heterocycles. The third kappa shape index (κ3) is 3.59. The van der Waals surface area contributed by atoms with Crippen molar-refractivity contribution in [2.24, 2.45) is 5.92 Å². The van der Waals surface area contributed by atoms with Crippen molar-refractivity contribution in [3.8, 4) is 0 Å². The van der Waals surface area contributed by atoms with Gasteiger partial charge < -0.3 is 10.0 Å². The van der Waals surface area contributed by atoms with Gasteiger partial charge in [-0.05, 0) is 30.9 Å². The van der Waals surface area contributed by atoms with Gasteiger partial charge in [0.15, 0.2) is 0 Å². The van der Waals surface area contributed by atoms with Gasteiger partial charge >= 0.3 is 5.97 Å². The van der Waals surface area contributed by atoms with Gasteiger partial charge in [0.05, 0.1) is 5.69 Å². The molecular formula is C16H20FNO2. The van der Waals surface area contributed by atoms with E-state index in [9.17, 15) is 9.18 Å². The molecule has 4 heteroatoms. The van der Waals surface area contributed by atoms with E-state index in [1.54, 1.807) is 12.1 Å². The molecule has 1 aromatic rings. The Morgan fingerprint density at radius 2 is 2.20 bits per heavy atom. The molecule has 0 amide bonds. The van der Waals surface area contributed by atoms with Crippen molar-refractivity contribution in [2.75, 3.05) is 11.4 Å². The van der Waals surface area contributed by atoms with E-state index in [-0.39, 0.29) is 5.82 Å². The second-order valence-electron chi connectivity index (χ2n) is 5.63. The molecule has 1 aromatic carbocycles. The van der Waals surface area contributed by atoms with E-state index in [0.29, 0.717) is 23.2 Å². The number of halogens is 1. The predicted octanol–water partition coefficient (Wildman–Crippen LogP) is 3.55. The van der Waals surface area contributed by atoms with E-state index < -0.39 is 5.97 Å². The molecule has 1 aliphatic rings. The summed E-state index contributed by atoms with van der Waals surface area (Å²) in [5.41, 5.74) is 1.15. The number of benzene rings is 1. The van der Waals surface area contributed by atoms with E-state index in [4.69, 9.17) is 5.11 Å². The zero-order chi connectivity index (χ0) is 14.7. The Labute approximate surface area is 118 Å². The largest absolute Gasteiger partial charge is 0.478 e. The van der Waals surface area contributed by atoms with Crippen molar-refractivity contribution in [1.29, 1.82) is 0 Å². The van der Waals surface area contributed by atoms with Crippen LogP contribution in [0.15, 0.2) is 24.3 Å². The van der Waals surface area contributed by atoms with E-state index in [1.807, 2.05) is 0 Å². The first kappa shape index (κ1) is 14.6. The van der Waals surface area contributed by atoms with Gasteiger partial charge in [-0.15, -0.1) is 0 Å². The summed E-state index contributed by atoms with van der Waals surface area (Å²) in [6.45, 7) is 4.98. The lowest BCUT2D eigenvalue weighted by atomic mass is 10.1. The monoisotopic (exact) mass is 277 g/mol. The highest BCUT2D eigenvalue weighted by molar-refractivity contribution is 5.87. The number of rotatable bonds is 6. The van der Waals surface area contributed by atoms with Gasteiger partial charge in [-0.2, -0.15) is 0 Å². The van der Waals surface area contributed by atoms with Crippen LogP contribution in [0.5, 0.6) is 0 Å². The van der Waals surface area contributed by atoms with Gasteiger partial charge in [-0.3, -0.25) is 0 Å². The van der Waals surface area contributed by atoms with Crippen LogP contribution in [0.1, 0.15) is 32.3 Å². The highest BCUT2D eigenvalue weighted by Crippen LogP contribution is 2.36. The molecule has 3 nitrogen and oxygen atoms in total. The molecule has 0 aliphatic heterocycles. The average molecular weight is 277 g/mol. The van der Waals surface area contributed by atoms with Crippen molar-refractivity contribution in [1.82, 2.24) is 0 Å². The van der Waals surface area contributed by atoms with Crippen LogP contribution in [0.3, 0.4) is 0 Å². The molecule has 2 rings (SSSR count). The fraction of sp³-hybridized carbons (Fsp3) is 0.438. The number of nitrogens with zero attached hydrogens (tertiary/aromatic N) is 1. The van der Waals surface area contributed by atoms with E-state index in [2.05, 4.69) is 18.7 Å². The average Bonchev–Trinajstić information content (AvgIpc) is 3.18. The van der Waals surface area contributed by atoms with Crippen LogP contribution in [0.2, 0.25) is 0 Å². The summed E-state index contributed by atoms with van der Waals surface area (Å²) in [6.07, 6.45) is 4.67. The minimum absolute atomic E-state index is 0.287. The number of carbonyl (C=O) groups is 1. The Kier molecular flexibility index (Phi) is 4.42. The quantitative estimate of drug-likeness (QED) is 0.808. The van der Waals surface area contributed by atoms with Crippen molar-refractivity contribution in [2.45, 2.75) is 32.7 Å². The molecule has 1 fully saturated rings. The lowest BCUT2D eigenvalue weighted by Crippen LogP contribution is -2.31. The fourth-order valence-corrected chi connectivity index (χ4v) is 2.33. The predicted molar refractivity (Wildman–Crippen MR) is 78.3 cm³/mol. The maximum absolute atomic E-state index is 14.2. The molecule has 1 aliphatic carbocycles. The van der Waals surface area contributed by atoms with Crippen LogP contribution in [-0.4, -0.2) is 23.7 Å². The summed E-state index contributed by atoms with van der Waals surface area (Å²) in [5, 5.41) is 8.75. The fourth-order valence-electron chi connectivity index (χ4n) is 2.33. The zero-order valence-electron chi connectivity index (χ0n) is 11.8. The minimum Gasteiger partial charge on any atom is -0.478 e. The Morgan fingerprint density at radius 1 is 1.50 bits per heavy atom. The van der Waals surface area contributed by atoms with Gasteiger partial charge in [0.1, 0.15) is 5.82 Å². The summed E-state index contributed by atoms with van der Waals surface area (Å²) in [4.78, 5) is 12.8. The first-order valence-electron chi connectivity index (χ1n) is 6.95. The number of hydrogen-bond donors (Lipinski definition) is 1. The number of aliphatic carboxylic acids is 1. The van der Waals surface area contributed by atoms with Crippen molar-refractivity contribution in [3.63, 3.8) is 0 Å². The second kappa shape index (κ2) is 6.07. The van der Waals surface area contributed by atoms with Gasteiger partial charge in [0.25, 0.3) is 0 Å². The van der Waals surface area contributed by atoms with Gasteiger partial charge in [0, 0.05) is 24.2 Å². The lowest BCUT2D eigenvalue weighted by molar-refractivity contribution is -0.131. The number of hydrogen-bond acceptors (Lipinski definition) is 2. The molecule has 0 unspecified atom stereocenters. The molecule has 1 N–H and O–H groups in total. The van der Waals surface area contributed by atoms with Crippen LogP contribution in [-0.2, 0) is 4.79 Å². The molecule has 0 atom stereocenters. The second-order valence-corrected chi connectivity index (χ2v) is 5.63. The van der Waals surface area contributed by atoms with Crippen molar-refractivity contribution in [3.05, 3.63) is 35.7 Å². The highest BCUT2D eigenvalue weighted by Gasteiger charge is 2.32. The highest BCUT2D eigenvalue weighted by atomic mass is 19.1. The Bertz CT molecular complexity index is 521. The summed E-state index contributed by atoms with van der Waals surface area (Å²) in [5.74, 6) is -0.890. The number of anilines is 1. The maximum atomic E-state index is 14.2. The van der Waals surface area contributed by atoms with Crippen LogP contribution in [0.4, 0.5) is 10.1 Å². The summed E-state index contributed by atoms with van der Waals surface area (Å²) >= 11 is 0. The summed E-state index contributed by atoms with van der Waals surface area (Å²) < 4.78 is 14.2. The molecule has 0 aromatic heterocycles. The molecule has 0 bridgehead atoms. The van der Waals surface area contributed by atoms with E-state index >= 15 is 0 Å². The molecule has 108 valence electrons. The van der Waals surface area contributed by atoms with Gasteiger partial charge in [-0.25, -0.2) is 9.18 Å². The molecule has 1 saturated carbocycles. The molecule has 0 heterocycles. The summed E-state index contributed by atoms with van der Waals surface area (Å²) in [6, 6.07) is 5.18. The van der Waals surface area contributed by atoms with Crippen molar-refractivity contribution >= 4 is 17.7 Å². The smallest absolute Gasteiger partial charge is 0.328 e. The normalized spacial score (nSPS) is 15.0. The van der Waals surface area contributed by atoms with Crippen molar-refractivity contribution < 1.29 is 14.3 Å². The van der Waals surface area contributed by atoms with Crippen LogP contribution < -0.4 is 4.90 Å². The summed E-state index contributed by atoms with van der Waals surface area (Å²) in [7, 11) is 0. The van der Waals surface area contributed by atoms with E-state index in [1.165, 1.54) is 12.1 Å². The van der Waals surface area contributed by atoms with Gasteiger partial charge in [0.2, 0.25) is 0 Å². The molecule has 0 spiro atoms. The van der Waals surface area contributed by atoms with E-state index in [0.717, 1.165) is 25.5 Å². The zero-order valence-corrected chi connectivity index (χ0v) is 11.8. The Morgan fingerprint density at radius 3 is 2.75 bits per heavy atom.